The molecule has 160 valence electrons. The number of phenols is 1. The van der Waals surface area contributed by atoms with E-state index in [0.29, 0.717) is 5.69 Å². The number of halogens is 1. The highest BCUT2D eigenvalue weighted by atomic mass is 19.1. The molecule has 0 aliphatic carbocycles. The van der Waals surface area contributed by atoms with Gasteiger partial charge in [-0.05, 0) is 29.1 Å². The van der Waals surface area contributed by atoms with Gasteiger partial charge in [-0.1, -0.05) is 62.4 Å². The Balaban J connectivity index is 1.92. The molecule has 0 aliphatic heterocycles. The zero-order valence-electron chi connectivity index (χ0n) is 17.0. The molecular formula is C24H22FNO5. The van der Waals surface area contributed by atoms with Gasteiger partial charge in [0.1, 0.15) is 6.10 Å². The van der Waals surface area contributed by atoms with Crippen molar-refractivity contribution in [1.82, 2.24) is 0 Å². The van der Waals surface area contributed by atoms with Crippen LogP contribution in [0.5, 0.6) is 5.75 Å². The Morgan fingerprint density at radius 2 is 1.81 bits per heavy atom. The molecule has 31 heavy (non-hydrogen) atoms. The summed E-state index contributed by atoms with van der Waals surface area (Å²) in [7, 11) is 0. The van der Waals surface area contributed by atoms with Gasteiger partial charge in [-0.25, -0.2) is 14.0 Å². The maximum atomic E-state index is 14.0. The van der Waals surface area contributed by atoms with Gasteiger partial charge >= 0.3 is 12.1 Å². The van der Waals surface area contributed by atoms with Crippen LogP contribution in [0, 0.1) is 11.2 Å². The number of carbonyl (C=O) groups is 2. The number of anilines is 1. The van der Waals surface area contributed by atoms with E-state index in [1.165, 1.54) is 12.1 Å². The van der Waals surface area contributed by atoms with Crippen LogP contribution in [0.4, 0.5) is 14.9 Å². The summed E-state index contributed by atoms with van der Waals surface area (Å²) in [6.45, 7) is 3.32. The fraction of sp³-hybridized carbons (Fsp3) is 0.167. The standard InChI is InChI=1S/C24H22FNO5/c1-24(2,13-12-21(28)29)22(16-10-11-20(27)18(25)14-16)31-23(30)26-19-9-5-7-15-6-3-4-8-17(15)19/h3-14,22,27H,1-2H3,(H,26,30)(H,28,29)/b13-12+/t22-/m0/s1. The van der Waals surface area contributed by atoms with E-state index in [2.05, 4.69) is 5.32 Å². The Bertz CT molecular complexity index is 1150. The number of amides is 1. The number of carbonyl (C=O) groups excluding carboxylic acids is 1. The summed E-state index contributed by atoms with van der Waals surface area (Å²) in [6, 6.07) is 16.6. The van der Waals surface area contributed by atoms with E-state index in [0.717, 1.165) is 29.0 Å². The number of hydrogen-bond donors (Lipinski definition) is 3. The number of carboxylic acids is 1. The lowest BCUT2D eigenvalue weighted by molar-refractivity contribution is -0.131. The number of aliphatic carboxylic acids is 1. The van der Waals surface area contributed by atoms with Crippen LogP contribution in [-0.4, -0.2) is 22.3 Å². The molecule has 0 spiro atoms. The van der Waals surface area contributed by atoms with Gasteiger partial charge in [0, 0.05) is 16.9 Å². The fourth-order valence-electron chi connectivity index (χ4n) is 3.29. The quantitative estimate of drug-likeness (QED) is 0.446. The van der Waals surface area contributed by atoms with Crippen molar-refractivity contribution in [3.63, 3.8) is 0 Å². The SMILES string of the molecule is CC(C)(/C=C/C(=O)O)[C@@H](OC(=O)Nc1cccc2ccccc12)c1ccc(O)c(F)c1. The van der Waals surface area contributed by atoms with Gasteiger partial charge in [-0.2, -0.15) is 0 Å². The second kappa shape index (κ2) is 8.87. The molecule has 0 bridgehead atoms. The minimum atomic E-state index is -1.16. The average Bonchev–Trinajstić information content (AvgIpc) is 2.73. The topological polar surface area (TPSA) is 95.9 Å². The molecule has 3 aromatic carbocycles. The molecule has 1 amide bonds. The molecule has 0 fully saturated rings. The Hall–Kier alpha value is -3.87. The highest BCUT2D eigenvalue weighted by molar-refractivity contribution is 6.00. The molecule has 7 heteroatoms. The highest BCUT2D eigenvalue weighted by Crippen LogP contribution is 2.39. The monoisotopic (exact) mass is 423 g/mol. The van der Waals surface area contributed by atoms with E-state index in [1.807, 2.05) is 30.3 Å². The molecule has 0 radical (unpaired) electrons. The zero-order chi connectivity index (χ0) is 22.6. The lowest BCUT2D eigenvalue weighted by Crippen LogP contribution is -2.28. The minimum absolute atomic E-state index is 0.267. The van der Waals surface area contributed by atoms with Gasteiger partial charge in [-0.15, -0.1) is 0 Å². The Morgan fingerprint density at radius 3 is 2.52 bits per heavy atom. The normalized spacial score (nSPS) is 12.6. The molecule has 0 heterocycles. The lowest BCUT2D eigenvalue weighted by atomic mass is 9.82. The molecule has 0 aromatic heterocycles. The van der Waals surface area contributed by atoms with Crippen molar-refractivity contribution < 1.29 is 28.9 Å². The van der Waals surface area contributed by atoms with E-state index >= 15 is 0 Å². The van der Waals surface area contributed by atoms with E-state index < -0.39 is 35.1 Å². The third kappa shape index (κ3) is 5.19. The van der Waals surface area contributed by atoms with Gasteiger partial charge in [0.2, 0.25) is 0 Å². The molecule has 1 atom stereocenters. The average molecular weight is 423 g/mol. The van der Waals surface area contributed by atoms with Crippen LogP contribution in [-0.2, 0) is 9.53 Å². The Labute approximate surface area is 178 Å². The number of hydrogen-bond acceptors (Lipinski definition) is 4. The van der Waals surface area contributed by atoms with Crippen LogP contribution in [0.3, 0.4) is 0 Å². The summed E-state index contributed by atoms with van der Waals surface area (Å²) >= 11 is 0. The largest absolute Gasteiger partial charge is 0.505 e. The van der Waals surface area contributed by atoms with Crippen LogP contribution in [0.15, 0.2) is 72.8 Å². The second-order valence-corrected chi connectivity index (χ2v) is 7.64. The maximum absolute atomic E-state index is 14.0. The van der Waals surface area contributed by atoms with Crippen molar-refractivity contribution in [3.8, 4) is 5.75 Å². The zero-order valence-corrected chi connectivity index (χ0v) is 17.0. The number of benzene rings is 3. The van der Waals surface area contributed by atoms with E-state index in [9.17, 15) is 19.1 Å². The van der Waals surface area contributed by atoms with E-state index in [4.69, 9.17) is 9.84 Å². The van der Waals surface area contributed by atoms with Gasteiger partial charge in [0.25, 0.3) is 0 Å². The summed E-state index contributed by atoms with van der Waals surface area (Å²) in [4.78, 5) is 23.8. The predicted molar refractivity (Wildman–Crippen MR) is 115 cm³/mol. The minimum Gasteiger partial charge on any atom is -0.505 e. The van der Waals surface area contributed by atoms with Crippen LogP contribution in [0.25, 0.3) is 10.8 Å². The summed E-state index contributed by atoms with van der Waals surface area (Å²) < 4.78 is 19.6. The molecular weight excluding hydrogens is 401 g/mol. The van der Waals surface area contributed by atoms with Crippen molar-refractivity contribution >= 4 is 28.5 Å². The smallest absolute Gasteiger partial charge is 0.412 e. The molecule has 3 N–H and O–H groups in total. The molecule has 3 rings (SSSR count). The number of ether oxygens (including phenoxy) is 1. The third-order valence-electron chi connectivity index (χ3n) is 4.86. The van der Waals surface area contributed by atoms with Crippen molar-refractivity contribution in [2.24, 2.45) is 5.41 Å². The second-order valence-electron chi connectivity index (χ2n) is 7.64. The number of aromatic hydroxyl groups is 1. The maximum Gasteiger partial charge on any atom is 0.412 e. The van der Waals surface area contributed by atoms with Gasteiger partial charge < -0.3 is 14.9 Å². The number of nitrogens with one attached hydrogen (secondary N) is 1. The fourth-order valence-corrected chi connectivity index (χ4v) is 3.29. The third-order valence-corrected chi connectivity index (χ3v) is 4.86. The number of carboxylic acid groups (broad SMARTS) is 1. The lowest BCUT2D eigenvalue weighted by Gasteiger charge is -2.31. The number of phenolic OH excluding ortho intramolecular Hbond substituents is 1. The van der Waals surface area contributed by atoms with Crippen LogP contribution in [0.1, 0.15) is 25.5 Å². The molecule has 0 saturated heterocycles. The first-order chi connectivity index (χ1) is 14.7. The van der Waals surface area contributed by atoms with Gasteiger partial charge in [0.15, 0.2) is 11.6 Å². The van der Waals surface area contributed by atoms with Crippen LogP contribution >= 0.6 is 0 Å². The molecule has 0 unspecified atom stereocenters. The van der Waals surface area contributed by atoms with Crippen molar-refractivity contribution in [1.29, 1.82) is 0 Å². The Morgan fingerprint density at radius 1 is 1.10 bits per heavy atom. The first kappa shape index (κ1) is 21.8. The number of fused-ring (bicyclic) bond motifs is 1. The first-order valence-electron chi connectivity index (χ1n) is 9.53. The number of rotatable bonds is 6. The van der Waals surface area contributed by atoms with E-state index in [1.54, 1.807) is 26.0 Å². The van der Waals surface area contributed by atoms with Crippen molar-refractivity contribution in [3.05, 3.63) is 84.2 Å². The Kier molecular flexibility index (Phi) is 6.25. The molecule has 3 aromatic rings. The van der Waals surface area contributed by atoms with Crippen LogP contribution < -0.4 is 5.32 Å². The summed E-state index contributed by atoms with van der Waals surface area (Å²) in [5.74, 6) is -2.58. The van der Waals surface area contributed by atoms with Crippen LogP contribution in [0.2, 0.25) is 0 Å². The summed E-state index contributed by atoms with van der Waals surface area (Å²) in [6.07, 6.45) is 0.492. The molecule has 0 aliphatic rings. The summed E-state index contributed by atoms with van der Waals surface area (Å²) in [5, 5.41) is 22.9. The van der Waals surface area contributed by atoms with E-state index in [-0.39, 0.29) is 5.56 Å². The van der Waals surface area contributed by atoms with Crippen molar-refractivity contribution in [2.75, 3.05) is 5.32 Å². The summed E-state index contributed by atoms with van der Waals surface area (Å²) in [5.41, 5.74) is -0.196. The predicted octanol–water partition coefficient (Wildman–Crippen LogP) is 5.64. The van der Waals surface area contributed by atoms with Gasteiger partial charge in [-0.3, -0.25) is 5.32 Å². The molecule has 6 nitrogen and oxygen atoms in total. The van der Waals surface area contributed by atoms with Crippen molar-refractivity contribution in [2.45, 2.75) is 20.0 Å². The molecule has 0 saturated carbocycles. The highest BCUT2D eigenvalue weighted by Gasteiger charge is 2.33. The van der Waals surface area contributed by atoms with Gasteiger partial charge in [0.05, 0.1) is 5.69 Å². The first-order valence-corrected chi connectivity index (χ1v) is 9.53.